The van der Waals surface area contributed by atoms with Crippen LogP contribution in [0.1, 0.15) is 25.8 Å². The molecule has 1 heterocycles. The van der Waals surface area contributed by atoms with E-state index in [2.05, 4.69) is 27.8 Å². The monoisotopic (exact) mass is 424 g/mol. The van der Waals surface area contributed by atoms with Crippen LogP contribution in [0, 0.1) is 0 Å². The summed E-state index contributed by atoms with van der Waals surface area (Å²) < 4.78 is 11.1. The summed E-state index contributed by atoms with van der Waals surface area (Å²) in [6, 6.07) is 13.2. The topological polar surface area (TPSA) is 84.8 Å². The number of thiazole rings is 1. The molecule has 0 fully saturated rings. The van der Waals surface area contributed by atoms with Crippen LogP contribution in [0.5, 0.6) is 11.5 Å². The third kappa shape index (κ3) is 5.81. The van der Waals surface area contributed by atoms with E-state index in [-0.39, 0.29) is 5.91 Å². The van der Waals surface area contributed by atoms with Gasteiger partial charge >= 0.3 is 0 Å². The molecule has 1 amide bonds. The summed E-state index contributed by atoms with van der Waals surface area (Å²) in [6.07, 6.45) is 2.63. The van der Waals surface area contributed by atoms with Gasteiger partial charge in [0.2, 0.25) is 11.0 Å². The van der Waals surface area contributed by atoms with Crippen molar-refractivity contribution in [1.29, 1.82) is 0 Å². The summed E-state index contributed by atoms with van der Waals surface area (Å²) in [5.41, 5.74) is 6.41. The van der Waals surface area contributed by atoms with Crippen LogP contribution in [-0.2, 0) is 4.79 Å². The summed E-state index contributed by atoms with van der Waals surface area (Å²) >= 11 is 1.46. The number of rotatable bonds is 9. The predicted octanol–water partition coefficient (Wildman–Crippen LogP) is 5.01. The molecule has 0 aliphatic rings. The summed E-state index contributed by atoms with van der Waals surface area (Å²) in [7, 11) is 1.62. The molecular formula is C22H24N4O3S. The highest BCUT2D eigenvalue weighted by molar-refractivity contribution is 7.14. The molecule has 3 aromatic rings. The molecule has 3 rings (SSSR count). The van der Waals surface area contributed by atoms with Gasteiger partial charge in [-0.1, -0.05) is 19.1 Å². The van der Waals surface area contributed by atoms with E-state index in [4.69, 9.17) is 9.47 Å². The molecule has 0 aliphatic heterocycles. The van der Waals surface area contributed by atoms with Crippen LogP contribution in [0.15, 0.2) is 52.9 Å². The van der Waals surface area contributed by atoms with Crippen molar-refractivity contribution in [3.63, 3.8) is 0 Å². The van der Waals surface area contributed by atoms with Gasteiger partial charge in [0.1, 0.15) is 0 Å². The van der Waals surface area contributed by atoms with Crippen molar-refractivity contribution >= 4 is 34.3 Å². The first-order valence-corrected chi connectivity index (χ1v) is 10.4. The number of aromatic nitrogens is 1. The van der Waals surface area contributed by atoms with Gasteiger partial charge in [-0.25, -0.2) is 4.98 Å². The molecular weight excluding hydrogens is 400 g/mol. The third-order valence-electron chi connectivity index (χ3n) is 4.03. The molecule has 0 atom stereocenters. The number of ether oxygens (including phenoxy) is 2. The predicted molar refractivity (Wildman–Crippen MR) is 122 cm³/mol. The maximum atomic E-state index is 11.1. The van der Waals surface area contributed by atoms with Gasteiger partial charge in [0.25, 0.3) is 0 Å². The molecule has 0 radical (unpaired) electrons. The number of amides is 1. The van der Waals surface area contributed by atoms with Crippen LogP contribution in [0.4, 0.5) is 10.8 Å². The maximum Gasteiger partial charge on any atom is 0.221 e. The van der Waals surface area contributed by atoms with Gasteiger partial charge < -0.3 is 14.8 Å². The van der Waals surface area contributed by atoms with E-state index in [0.717, 1.165) is 28.9 Å². The number of hydrazone groups is 1. The number of nitrogens with one attached hydrogen (secondary N) is 2. The highest BCUT2D eigenvalue weighted by Gasteiger charge is 2.06. The largest absolute Gasteiger partial charge is 0.493 e. The zero-order chi connectivity index (χ0) is 21.3. The number of anilines is 2. The van der Waals surface area contributed by atoms with Gasteiger partial charge in [0.15, 0.2) is 11.5 Å². The Balaban J connectivity index is 1.63. The van der Waals surface area contributed by atoms with Crippen molar-refractivity contribution in [1.82, 2.24) is 4.98 Å². The third-order valence-corrected chi connectivity index (χ3v) is 4.78. The van der Waals surface area contributed by atoms with E-state index in [1.54, 1.807) is 13.3 Å². The molecule has 7 nitrogen and oxygen atoms in total. The Bertz CT molecular complexity index is 1020. The Labute approximate surface area is 179 Å². The zero-order valence-corrected chi connectivity index (χ0v) is 18.0. The summed E-state index contributed by atoms with van der Waals surface area (Å²) in [4.78, 5) is 15.7. The summed E-state index contributed by atoms with van der Waals surface area (Å²) in [5, 5.41) is 9.66. The van der Waals surface area contributed by atoms with E-state index < -0.39 is 0 Å². The van der Waals surface area contributed by atoms with Crippen LogP contribution < -0.4 is 20.2 Å². The van der Waals surface area contributed by atoms with Gasteiger partial charge in [-0.3, -0.25) is 10.2 Å². The molecule has 0 saturated heterocycles. The highest BCUT2D eigenvalue weighted by atomic mass is 32.1. The summed E-state index contributed by atoms with van der Waals surface area (Å²) in [5.74, 6) is 1.30. The van der Waals surface area contributed by atoms with Crippen LogP contribution in [0.3, 0.4) is 0 Å². The Morgan fingerprint density at radius 1 is 1.20 bits per heavy atom. The average Bonchev–Trinajstić information content (AvgIpc) is 3.21. The zero-order valence-electron chi connectivity index (χ0n) is 17.1. The number of carbonyl (C=O) groups excluding carboxylic acids is 1. The first kappa shape index (κ1) is 21.3. The van der Waals surface area contributed by atoms with Crippen molar-refractivity contribution < 1.29 is 14.3 Å². The molecule has 0 bridgehead atoms. The molecule has 8 heteroatoms. The van der Waals surface area contributed by atoms with Gasteiger partial charge in [0, 0.05) is 23.6 Å². The molecule has 30 heavy (non-hydrogen) atoms. The lowest BCUT2D eigenvalue weighted by molar-refractivity contribution is -0.114. The van der Waals surface area contributed by atoms with E-state index >= 15 is 0 Å². The van der Waals surface area contributed by atoms with E-state index in [0.29, 0.717) is 23.2 Å². The minimum absolute atomic E-state index is 0.0957. The lowest BCUT2D eigenvalue weighted by Gasteiger charge is -2.10. The standard InChI is InChI=1S/C22H24N4O3S/c1-4-11-29-21-12-16(5-10-20(21)28-3)13-23-26-22-25-19(14-30-22)17-6-8-18(9-7-17)24-15(2)27/h5-10,12-14H,4,11H2,1-3H3,(H,24,27)(H,25,26)/b23-13-. The number of benzene rings is 2. The van der Waals surface area contributed by atoms with Crippen molar-refractivity contribution in [2.45, 2.75) is 20.3 Å². The fourth-order valence-electron chi connectivity index (χ4n) is 2.65. The van der Waals surface area contributed by atoms with Gasteiger partial charge in [-0.2, -0.15) is 5.10 Å². The molecule has 2 aromatic carbocycles. The molecule has 1 aromatic heterocycles. The number of carbonyl (C=O) groups is 1. The second kappa shape index (κ2) is 10.4. The van der Waals surface area contributed by atoms with Crippen LogP contribution in [0.2, 0.25) is 0 Å². The Kier molecular flexibility index (Phi) is 7.40. The highest BCUT2D eigenvalue weighted by Crippen LogP contribution is 2.28. The van der Waals surface area contributed by atoms with E-state index in [1.165, 1.54) is 18.3 Å². The summed E-state index contributed by atoms with van der Waals surface area (Å²) in [6.45, 7) is 4.17. The maximum absolute atomic E-state index is 11.1. The Hall–Kier alpha value is -3.39. The molecule has 0 aliphatic carbocycles. The van der Waals surface area contributed by atoms with Crippen molar-refractivity contribution in [3.05, 3.63) is 53.4 Å². The van der Waals surface area contributed by atoms with E-state index in [9.17, 15) is 4.79 Å². The smallest absolute Gasteiger partial charge is 0.221 e. The van der Waals surface area contributed by atoms with Crippen molar-refractivity contribution in [2.75, 3.05) is 24.5 Å². The molecule has 0 unspecified atom stereocenters. The van der Waals surface area contributed by atoms with Crippen LogP contribution in [-0.4, -0.2) is 30.8 Å². The van der Waals surface area contributed by atoms with Crippen molar-refractivity contribution in [2.24, 2.45) is 5.10 Å². The number of methoxy groups -OCH3 is 1. The lowest BCUT2D eigenvalue weighted by atomic mass is 10.1. The quantitative estimate of drug-likeness (QED) is 0.372. The van der Waals surface area contributed by atoms with Gasteiger partial charge in [-0.15, -0.1) is 11.3 Å². The fraction of sp³-hybridized carbons (Fsp3) is 0.227. The average molecular weight is 425 g/mol. The Morgan fingerprint density at radius 3 is 2.70 bits per heavy atom. The fourth-order valence-corrected chi connectivity index (χ4v) is 3.31. The first-order valence-electron chi connectivity index (χ1n) is 9.52. The number of hydrogen-bond donors (Lipinski definition) is 2. The first-order chi connectivity index (χ1) is 14.6. The van der Waals surface area contributed by atoms with E-state index in [1.807, 2.05) is 47.8 Å². The second-order valence-electron chi connectivity index (χ2n) is 6.43. The van der Waals surface area contributed by atoms with Gasteiger partial charge in [0.05, 0.1) is 25.6 Å². The SMILES string of the molecule is CCCOc1cc(/C=N\Nc2nc(-c3ccc(NC(C)=O)cc3)cs2)ccc1OC. The Morgan fingerprint density at radius 2 is 2.00 bits per heavy atom. The number of nitrogens with zero attached hydrogens (tertiary/aromatic N) is 2. The van der Waals surface area contributed by atoms with Crippen molar-refractivity contribution in [3.8, 4) is 22.8 Å². The molecule has 2 N–H and O–H groups in total. The molecule has 0 saturated carbocycles. The number of hydrogen-bond acceptors (Lipinski definition) is 7. The minimum atomic E-state index is -0.0957. The van der Waals surface area contributed by atoms with Crippen LogP contribution in [0.25, 0.3) is 11.3 Å². The molecule has 156 valence electrons. The lowest BCUT2D eigenvalue weighted by Crippen LogP contribution is -2.05. The normalized spacial score (nSPS) is 10.8. The van der Waals surface area contributed by atoms with Crippen LogP contribution >= 0.6 is 11.3 Å². The minimum Gasteiger partial charge on any atom is -0.493 e. The molecule has 0 spiro atoms. The second-order valence-corrected chi connectivity index (χ2v) is 7.28. The van der Waals surface area contributed by atoms with Gasteiger partial charge in [-0.05, 0) is 42.3 Å².